The number of unbranched alkanes of at least 4 members (excludes halogenated alkanes) is 1. The van der Waals surface area contributed by atoms with Gasteiger partial charge in [-0.1, -0.05) is 19.4 Å². The van der Waals surface area contributed by atoms with Gasteiger partial charge in [0.1, 0.15) is 6.10 Å². The quantitative estimate of drug-likeness (QED) is 0.233. The molecule has 1 saturated carbocycles. The Balaban J connectivity index is 1.95. The van der Waals surface area contributed by atoms with Crippen LogP contribution in [0.25, 0.3) is 0 Å². The van der Waals surface area contributed by atoms with Crippen LogP contribution in [0.1, 0.15) is 65.7 Å². The number of carbonyl (C=O) groups is 3. The summed E-state index contributed by atoms with van der Waals surface area (Å²) in [6.07, 6.45) is 8.56. The number of rotatable bonds is 10. The molecule has 6 heteroatoms. The maximum atomic E-state index is 12.4. The van der Waals surface area contributed by atoms with Crippen molar-refractivity contribution in [1.29, 1.82) is 0 Å². The Morgan fingerprint density at radius 1 is 1.23 bits per heavy atom. The highest BCUT2D eigenvalue weighted by Gasteiger charge is 2.49. The van der Waals surface area contributed by atoms with Crippen molar-refractivity contribution in [2.75, 3.05) is 7.11 Å². The Hall–Kier alpha value is -2.13. The van der Waals surface area contributed by atoms with Gasteiger partial charge in [0.2, 0.25) is 0 Å². The number of ketones is 1. The second-order valence-corrected chi connectivity index (χ2v) is 8.27. The Morgan fingerprint density at radius 3 is 2.67 bits per heavy atom. The molecule has 0 amide bonds. The molecule has 2 rings (SSSR count). The highest BCUT2D eigenvalue weighted by atomic mass is 16.6. The third-order valence-electron chi connectivity index (χ3n) is 6.02. The fourth-order valence-electron chi connectivity index (χ4n) is 4.42. The average Bonchev–Trinajstić information content (AvgIpc) is 3.23. The third kappa shape index (κ3) is 6.98. The van der Waals surface area contributed by atoms with Crippen LogP contribution in [0.4, 0.5) is 0 Å². The van der Waals surface area contributed by atoms with Crippen molar-refractivity contribution in [3.63, 3.8) is 0 Å². The van der Waals surface area contributed by atoms with Gasteiger partial charge in [0.25, 0.3) is 0 Å². The number of carbonyl (C=O) groups excluding carboxylic acids is 3. The lowest BCUT2D eigenvalue weighted by molar-refractivity contribution is -0.148. The van der Waals surface area contributed by atoms with Crippen LogP contribution in [-0.2, 0) is 28.6 Å². The smallest absolute Gasteiger partial charge is 0.305 e. The van der Waals surface area contributed by atoms with Gasteiger partial charge in [0.15, 0.2) is 5.78 Å². The van der Waals surface area contributed by atoms with Crippen LogP contribution < -0.4 is 0 Å². The number of fused-ring (bicyclic) bond motifs is 1. The van der Waals surface area contributed by atoms with E-state index < -0.39 is 0 Å². The molecule has 0 radical (unpaired) electrons. The molecule has 1 saturated heterocycles. The summed E-state index contributed by atoms with van der Waals surface area (Å²) in [6.45, 7) is 5.05. The molecule has 6 nitrogen and oxygen atoms in total. The number of hydrogen-bond donors (Lipinski definition) is 0. The summed E-state index contributed by atoms with van der Waals surface area (Å²) in [5, 5.41) is 0. The summed E-state index contributed by atoms with van der Waals surface area (Å²) >= 11 is 0. The van der Waals surface area contributed by atoms with E-state index in [1.807, 2.05) is 13.0 Å². The van der Waals surface area contributed by atoms with Crippen LogP contribution >= 0.6 is 0 Å². The molecule has 30 heavy (non-hydrogen) atoms. The fraction of sp³-hybridized carbons (Fsp3) is 0.708. The summed E-state index contributed by atoms with van der Waals surface area (Å²) in [7, 11) is 1.40. The first-order valence-corrected chi connectivity index (χ1v) is 10.9. The Bertz CT molecular complexity index is 700. The average molecular weight is 419 g/mol. The van der Waals surface area contributed by atoms with Gasteiger partial charge in [-0.2, -0.15) is 0 Å². The largest absolute Gasteiger partial charge is 0.469 e. The number of methoxy groups -OCH3 is 1. The third-order valence-corrected chi connectivity index (χ3v) is 6.02. The first kappa shape index (κ1) is 24.1. The van der Waals surface area contributed by atoms with E-state index >= 15 is 0 Å². The van der Waals surface area contributed by atoms with E-state index in [4.69, 9.17) is 9.47 Å². The lowest BCUT2D eigenvalue weighted by Crippen LogP contribution is -2.24. The Morgan fingerprint density at radius 2 is 2.00 bits per heavy atom. The van der Waals surface area contributed by atoms with Crippen LogP contribution in [0.2, 0.25) is 0 Å². The minimum atomic E-state index is -0.310. The topological polar surface area (TPSA) is 78.9 Å². The van der Waals surface area contributed by atoms with Gasteiger partial charge in [-0.15, -0.1) is 11.8 Å². The van der Waals surface area contributed by atoms with Crippen molar-refractivity contribution < 1.29 is 28.6 Å². The monoisotopic (exact) mass is 418 g/mol. The van der Waals surface area contributed by atoms with E-state index in [0.717, 1.165) is 25.7 Å². The van der Waals surface area contributed by atoms with Crippen molar-refractivity contribution in [3.8, 4) is 11.8 Å². The number of esters is 2. The van der Waals surface area contributed by atoms with Crippen molar-refractivity contribution in [2.45, 2.75) is 84.0 Å². The first-order chi connectivity index (χ1) is 14.3. The second-order valence-electron chi connectivity index (χ2n) is 8.27. The summed E-state index contributed by atoms with van der Waals surface area (Å²) in [6, 6.07) is 0. The standard InChI is InChI=1S/C24H34O6/c1-5-6-9-16(2)21(26)13-12-19-20-14-18(10-7-8-11-24(27)28-4)30-23(20)15-22(19)29-17(3)25/h12-13,16,18-20,22-23H,7-11,14-15H2,1-4H3/t16?,18-,19+,20+,22+,23-/m0/s1. The van der Waals surface area contributed by atoms with Gasteiger partial charge < -0.3 is 14.2 Å². The molecule has 1 heterocycles. The van der Waals surface area contributed by atoms with E-state index in [0.29, 0.717) is 19.3 Å². The van der Waals surface area contributed by atoms with Crippen LogP contribution in [-0.4, -0.2) is 43.1 Å². The van der Waals surface area contributed by atoms with Gasteiger partial charge in [0, 0.05) is 38.0 Å². The van der Waals surface area contributed by atoms with Crippen LogP contribution in [0.15, 0.2) is 12.2 Å². The van der Waals surface area contributed by atoms with Gasteiger partial charge in [-0.25, -0.2) is 0 Å². The summed E-state index contributed by atoms with van der Waals surface area (Å²) < 4.78 is 16.4. The van der Waals surface area contributed by atoms with E-state index in [1.165, 1.54) is 14.0 Å². The molecule has 0 N–H and O–H groups in total. The number of hydrogen-bond acceptors (Lipinski definition) is 6. The van der Waals surface area contributed by atoms with Crippen LogP contribution in [0, 0.1) is 29.6 Å². The lowest BCUT2D eigenvalue weighted by Gasteiger charge is -2.21. The molecule has 166 valence electrons. The summed E-state index contributed by atoms with van der Waals surface area (Å²) in [5.74, 6) is 5.37. The van der Waals surface area contributed by atoms with E-state index in [1.54, 1.807) is 13.0 Å². The fourth-order valence-corrected chi connectivity index (χ4v) is 4.42. The molecule has 2 aliphatic rings. The van der Waals surface area contributed by atoms with E-state index in [2.05, 4.69) is 16.6 Å². The predicted octanol–water partition coefficient (Wildman–Crippen LogP) is 3.62. The zero-order valence-electron chi connectivity index (χ0n) is 18.5. The van der Waals surface area contributed by atoms with Crippen LogP contribution in [0.5, 0.6) is 0 Å². The van der Waals surface area contributed by atoms with Crippen molar-refractivity contribution >= 4 is 17.7 Å². The number of ether oxygens (including phenoxy) is 3. The van der Waals surface area contributed by atoms with E-state index in [-0.39, 0.29) is 53.8 Å². The molecule has 1 aliphatic heterocycles. The molecular formula is C24H34O6. The molecule has 1 unspecified atom stereocenters. The molecule has 6 atom stereocenters. The summed E-state index contributed by atoms with van der Waals surface area (Å²) in [4.78, 5) is 35.2. The lowest BCUT2D eigenvalue weighted by atomic mass is 9.88. The minimum Gasteiger partial charge on any atom is -0.469 e. The minimum absolute atomic E-state index is 0.0209. The Labute approximate surface area is 179 Å². The molecular weight excluding hydrogens is 384 g/mol. The highest BCUT2D eigenvalue weighted by molar-refractivity contribution is 5.91. The van der Waals surface area contributed by atoms with Gasteiger partial charge in [0.05, 0.1) is 19.3 Å². The first-order valence-electron chi connectivity index (χ1n) is 10.9. The van der Waals surface area contributed by atoms with Crippen molar-refractivity contribution in [1.82, 2.24) is 0 Å². The maximum absolute atomic E-state index is 12.4. The zero-order valence-corrected chi connectivity index (χ0v) is 18.5. The number of allylic oxidation sites excluding steroid dienone is 1. The van der Waals surface area contributed by atoms with Gasteiger partial charge >= 0.3 is 11.9 Å². The SMILES string of the molecule is CC#CCC(C)C(=O)C=C[C@@H]1[C@H]2C[C@H](CCCCC(=O)OC)O[C@H]2C[C@H]1OC(C)=O. The normalized spacial score (nSPS) is 28.5. The maximum Gasteiger partial charge on any atom is 0.305 e. The molecule has 0 spiro atoms. The van der Waals surface area contributed by atoms with Gasteiger partial charge in [-0.3, -0.25) is 14.4 Å². The molecule has 2 fully saturated rings. The van der Waals surface area contributed by atoms with E-state index in [9.17, 15) is 14.4 Å². The Kier molecular flexibility index (Phi) is 9.58. The van der Waals surface area contributed by atoms with Gasteiger partial charge in [-0.05, 0) is 38.2 Å². The molecule has 1 aliphatic carbocycles. The van der Waals surface area contributed by atoms with Crippen molar-refractivity contribution in [2.24, 2.45) is 17.8 Å². The molecule has 0 aromatic carbocycles. The molecule has 0 aromatic rings. The highest BCUT2D eigenvalue weighted by Crippen LogP contribution is 2.46. The molecule has 0 bridgehead atoms. The van der Waals surface area contributed by atoms with Crippen molar-refractivity contribution in [3.05, 3.63) is 12.2 Å². The summed E-state index contributed by atoms with van der Waals surface area (Å²) in [5.41, 5.74) is 0. The molecule has 0 aromatic heterocycles. The zero-order chi connectivity index (χ0) is 22.1. The van der Waals surface area contributed by atoms with Crippen LogP contribution in [0.3, 0.4) is 0 Å². The predicted molar refractivity (Wildman–Crippen MR) is 112 cm³/mol. The second kappa shape index (κ2) is 11.9.